The highest BCUT2D eigenvalue weighted by Gasteiger charge is 2.32. The molecule has 130 valence electrons. The standard InChI is InChI=1S/C14H13Cl2F3N4S/c15-6-10-8-24-13(21-10)23-3-1-22(2-4-23)12-11(16)5-9(7-20-12)14(17,18)19/h5,7-8H,1-4,6H2. The molecule has 1 aliphatic heterocycles. The second-order valence-corrected chi connectivity index (χ2v) is 6.77. The molecule has 0 bridgehead atoms. The Kier molecular flexibility index (Phi) is 5.08. The zero-order chi connectivity index (χ0) is 17.3. The first-order valence-corrected chi connectivity index (χ1v) is 8.90. The van der Waals surface area contributed by atoms with Crippen LogP contribution in [0.25, 0.3) is 0 Å². The second-order valence-electron chi connectivity index (χ2n) is 5.26. The van der Waals surface area contributed by atoms with Gasteiger partial charge in [0.2, 0.25) is 0 Å². The van der Waals surface area contributed by atoms with Gasteiger partial charge in [0, 0.05) is 37.8 Å². The van der Waals surface area contributed by atoms with Gasteiger partial charge in [0.1, 0.15) is 5.82 Å². The Morgan fingerprint density at radius 1 is 1.17 bits per heavy atom. The average molecular weight is 397 g/mol. The summed E-state index contributed by atoms with van der Waals surface area (Å²) in [5.41, 5.74) is -0.00202. The minimum atomic E-state index is -4.45. The third-order valence-electron chi connectivity index (χ3n) is 3.68. The molecule has 2 aromatic rings. The van der Waals surface area contributed by atoms with Crippen molar-refractivity contribution in [2.45, 2.75) is 12.1 Å². The van der Waals surface area contributed by atoms with Gasteiger partial charge in [0.25, 0.3) is 0 Å². The lowest BCUT2D eigenvalue weighted by molar-refractivity contribution is -0.137. The molecule has 0 spiro atoms. The largest absolute Gasteiger partial charge is 0.417 e. The zero-order valence-electron chi connectivity index (χ0n) is 12.4. The van der Waals surface area contributed by atoms with Crippen LogP contribution in [0.2, 0.25) is 5.02 Å². The predicted molar refractivity (Wildman–Crippen MR) is 90.3 cm³/mol. The van der Waals surface area contributed by atoms with Gasteiger partial charge in [-0.25, -0.2) is 9.97 Å². The molecular formula is C14H13Cl2F3N4S. The van der Waals surface area contributed by atoms with Gasteiger partial charge in [0.15, 0.2) is 5.13 Å². The Morgan fingerprint density at radius 2 is 1.83 bits per heavy atom. The normalized spacial score (nSPS) is 15.9. The van der Waals surface area contributed by atoms with E-state index in [0.29, 0.717) is 37.9 Å². The maximum absolute atomic E-state index is 12.7. The van der Waals surface area contributed by atoms with Gasteiger partial charge in [-0.1, -0.05) is 11.6 Å². The van der Waals surface area contributed by atoms with Crippen molar-refractivity contribution in [1.82, 2.24) is 9.97 Å². The number of thiazole rings is 1. The number of rotatable bonds is 3. The summed E-state index contributed by atoms with van der Waals surface area (Å²) in [5.74, 6) is 0.756. The van der Waals surface area contributed by atoms with Crippen LogP contribution in [0.1, 0.15) is 11.3 Å². The van der Waals surface area contributed by atoms with Crippen molar-refractivity contribution in [2.24, 2.45) is 0 Å². The SMILES string of the molecule is FC(F)(F)c1cnc(N2CCN(c3nc(CCl)cs3)CC2)c(Cl)c1. The number of nitrogens with zero attached hydrogens (tertiary/aromatic N) is 4. The predicted octanol–water partition coefficient (Wildman–Crippen LogP) is 4.28. The van der Waals surface area contributed by atoms with Crippen LogP contribution in [0.5, 0.6) is 0 Å². The molecule has 0 atom stereocenters. The smallest absolute Gasteiger partial charge is 0.352 e. The van der Waals surface area contributed by atoms with Crippen LogP contribution in [0.3, 0.4) is 0 Å². The van der Waals surface area contributed by atoms with Gasteiger partial charge in [-0.15, -0.1) is 22.9 Å². The van der Waals surface area contributed by atoms with E-state index in [4.69, 9.17) is 23.2 Å². The molecule has 0 amide bonds. The van der Waals surface area contributed by atoms with Crippen LogP contribution in [0.15, 0.2) is 17.6 Å². The molecule has 1 saturated heterocycles. The maximum Gasteiger partial charge on any atom is 0.417 e. The van der Waals surface area contributed by atoms with E-state index in [0.717, 1.165) is 23.1 Å². The molecule has 4 nitrogen and oxygen atoms in total. The lowest BCUT2D eigenvalue weighted by atomic mass is 10.2. The minimum Gasteiger partial charge on any atom is -0.352 e. The van der Waals surface area contributed by atoms with Crippen LogP contribution in [-0.4, -0.2) is 36.1 Å². The fourth-order valence-corrected chi connectivity index (χ4v) is 3.82. The monoisotopic (exact) mass is 396 g/mol. The molecule has 0 saturated carbocycles. The van der Waals surface area contributed by atoms with Crippen molar-refractivity contribution in [3.05, 3.63) is 33.9 Å². The van der Waals surface area contributed by atoms with Gasteiger partial charge in [-0.2, -0.15) is 13.2 Å². The number of hydrogen-bond acceptors (Lipinski definition) is 5. The molecule has 24 heavy (non-hydrogen) atoms. The fraction of sp³-hybridized carbons (Fsp3) is 0.429. The van der Waals surface area contributed by atoms with Crippen molar-refractivity contribution >= 4 is 45.5 Å². The molecule has 0 unspecified atom stereocenters. The third-order valence-corrected chi connectivity index (χ3v) is 5.18. The Morgan fingerprint density at radius 3 is 2.38 bits per heavy atom. The number of hydrogen-bond donors (Lipinski definition) is 0. The zero-order valence-corrected chi connectivity index (χ0v) is 14.7. The van der Waals surface area contributed by atoms with E-state index in [9.17, 15) is 13.2 Å². The van der Waals surface area contributed by atoms with Gasteiger partial charge in [-0.3, -0.25) is 0 Å². The quantitative estimate of drug-likeness (QED) is 0.724. The summed E-state index contributed by atoms with van der Waals surface area (Å²) < 4.78 is 38.0. The second kappa shape index (κ2) is 6.93. The third kappa shape index (κ3) is 3.70. The van der Waals surface area contributed by atoms with E-state index in [1.165, 1.54) is 11.3 Å². The molecule has 0 aromatic carbocycles. The molecule has 10 heteroatoms. The summed E-state index contributed by atoms with van der Waals surface area (Å²) in [4.78, 5) is 12.3. The molecule has 2 aromatic heterocycles. The Balaban J connectivity index is 1.68. The van der Waals surface area contributed by atoms with Gasteiger partial charge in [0.05, 0.1) is 22.2 Å². The molecular weight excluding hydrogens is 384 g/mol. The highest BCUT2D eigenvalue weighted by molar-refractivity contribution is 7.13. The van der Waals surface area contributed by atoms with Gasteiger partial charge in [-0.05, 0) is 6.07 Å². The van der Waals surface area contributed by atoms with E-state index in [1.54, 1.807) is 0 Å². The number of pyridine rings is 1. The van der Waals surface area contributed by atoms with Crippen molar-refractivity contribution < 1.29 is 13.2 Å². The highest BCUT2D eigenvalue weighted by atomic mass is 35.5. The van der Waals surface area contributed by atoms with E-state index >= 15 is 0 Å². The van der Waals surface area contributed by atoms with E-state index in [1.807, 2.05) is 10.3 Å². The molecule has 1 fully saturated rings. The number of aromatic nitrogens is 2. The van der Waals surface area contributed by atoms with Crippen molar-refractivity contribution in [3.8, 4) is 0 Å². The lowest BCUT2D eigenvalue weighted by Crippen LogP contribution is -2.47. The molecule has 0 N–H and O–H groups in total. The topological polar surface area (TPSA) is 32.3 Å². The summed E-state index contributed by atoms with van der Waals surface area (Å²) in [5, 5.41) is 2.83. The van der Waals surface area contributed by atoms with E-state index in [-0.39, 0.29) is 5.02 Å². The Hall–Kier alpha value is -1.25. The summed E-state index contributed by atoms with van der Waals surface area (Å²) in [6, 6.07) is 0.920. The average Bonchev–Trinajstić information content (AvgIpc) is 3.03. The molecule has 0 aliphatic carbocycles. The highest BCUT2D eigenvalue weighted by Crippen LogP contribution is 2.34. The minimum absolute atomic E-state index is 0.0111. The number of alkyl halides is 4. The van der Waals surface area contributed by atoms with Crippen molar-refractivity contribution in [3.63, 3.8) is 0 Å². The van der Waals surface area contributed by atoms with Crippen LogP contribution in [-0.2, 0) is 12.1 Å². The van der Waals surface area contributed by atoms with Crippen LogP contribution in [0, 0.1) is 0 Å². The Bertz CT molecular complexity index is 714. The summed E-state index contributed by atoms with van der Waals surface area (Å²) in [6.07, 6.45) is -3.63. The number of halogens is 5. The Labute approximate surface area is 150 Å². The van der Waals surface area contributed by atoms with E-state index < -0.39 is 11.7 Å². The number of piperazine rings is 1. The van der Waals surface area contributed by atoms with Gasteiger partial charge >= 0.3 is 6.18 Å². The lowest BCUT2D eigenvalue weighted by Gasteiger charge is -2.35. The molecule has 0 radical (unpaired) electrons. The molecule has 3 rings (SSSR count). The van der Waals surface area contributed by atoms with Crippen LogP contribution in [0.4, 0.5) is 24.1 Å². The van der Waals surface area contributed by atoms with Crippen LogP contribution < -0.4 is 9.80 Å². The van der Waals surface area contributed by atoms with Crippen molar-refractivity contribution in [1.29, 1.82) is 0 Å². The van der Waals surface area contributed by atoms with Crippen molar-refractivity contribution in [2.75, 3.05) is 36.0 Å². The summed E-state index contributed by atoms with van der Waals surface area (Å²) >= 11 is 13.3. The first-order chi connectivity index (χ1) is 11.4. The van der Waals surface area contributed by atoms with Crippen LogP contribution >= 0.6 is 34.5 Å². The first kappa shape index (κ1) is 17.6. The fourth-order valence-electron chi connectivity index (χ4n) is 2.43. The molecule has 3 heterocycles. The van der Waals surface area contributed by atoms with Gasteiger partial charge < -0.3 is 9.80 Å². The van der Waals surface area contributed by atoms with E-state index in [2.05, 4.69) is 14.9 Å². The number of anilines is 2. The maximum atomic E-state index is 12.7. The summed E-state index contributed by atoms with van der Waals surface area (Å²) in [7, 11) is 0. The first-order valence-electron chi connectivity index (χ1n) is 7.11. The molecule has 1 aliphatic rings. The summed E-state index contributed by atoms with van der Waals surface area (Å²) in [6.45, 7) is 2.59.